The number of carbonyl (C=O) groups is 1. The maximum atomic E-state index is 12.0. The fourth-order valence-corrected chi connectivity index (χ4v) is 4.48. The van der Waals surface area contributed by atoms with Crippen LogP contribution in [0.4, 0.5) is 16.2 Å². The van der Waals surface area contributed by atoms with Gasteiger partial charge in [-0.2, -0.15) is 0 Å². The Morgan fingerprint density at radius 3 is 2.71 bits per heavy atom. The van der Waals surface area contributed by atoms with Crippen molar-refractivity contribution >= 4 is 51.6 Å². The number of hydrogen-bond acceptors (Lipinski definition) is 4. The Kier molecular flexibility index (Phi) is 6.85. The first-order valence-electron chi connectivity index (χ1n) is 10.4. The molecule has 9 heteroatoms. The number of halogens is 2. The number of pyridine rings is 1. The van der Waals surface area contributed by atoms with Gasteiger partial charge in [-0.25, -0.2) is 9.78 Å². The molecule has 3 N–H and O–H groups in total. The Morgan fingerprint density at radius 2 is 1.94 bits per heavy atom. The maximum absolute atomic E-state index is 12.0. The highest BCUT2D eigenvalue weighted by Crippen LogP contribution is 2.33. The predicted octanol–water partition coefficient (Wildman–Crippen LogP) is 4.36. The summed E-state index contributed by atoms with van der Waals surface area (Å²) in [6, 6.07) is 9.11. The number of H-pyrrole nitrogens is 1. The third-order valence-electron chi connectivity index (χ3n) is 5.74. The summed E-state index contributed by atoms with van der Waals surface area (Å²) in [6.07, 6.45) is 5.37. The number of benzene rings is 1. The summed E-state index contributed by atoms with van der Waals surface area (Å²) in [5.41, 5.74) is 8.18. The van der Waals surface area contributed by atoms with E-state index < -0.39 is 6.03 Å². The van der Waals surface area contributed by atoms with Gasteiger partial charge in [0.05, 0.1) is 21.4 Å². The van der Waals surface area contributed by atoms with Gasteiger partial charge in [-0.1, -0.05) is 29.3 Å². The van der Waals surface area contributed by atoms with Crippen molar-refractivity contribution in [2.45, 2.75) is 12.8 Å². The van der Waals surface area contributed by atoms with E-state index in [4.69, 9.17) is 28.9 Å². The number of nitrogens with two attached hydrogens (primary N) is 1. The van der Waals surface area contributed by atoms with Crippen molar-refractivity contribution in [1.29, 1.82) is 0 Å². The van der Waals surface area contributed by atoms with Gasteiger partial charge in [-0.15, -0.1) is 0 Å². The number of rotatable bonds is 7. The molecule has 0 bridgehead atoms. The SMILES string of the molecule is NC(=O)N(CCCCN1CCN(c2cccc(Cl)c2Cl)CC1)c1c[nH]c2ncccc12. The monoisotopic (exact) mass is 460 g/mol. The molecule has 1 saturated heterocycles. The Morgan fingerprint density at radius 1 is 1.13 bits per heavy atom. The first-order valence-corrected chi connectivity index (χ1v) is 11.2. The van der Waals surface area contributed by atoms with E-state index in [0.717, 1.165) is 68.0 Å². The second kappa shape index (κ2) is 9.77. The molecular weight excluding hydrogens is 435 g/mol. The first kappa shape index (κ1) is 21.7. The third-order valence-corrected chi connectivity index (χ3v) is 6.55. The highest BCUT2D eigenvalue weighted by atomic mass is 35.5. The van der Waals surface area contributed by atoms with Crippen molar-refractivity contribution in [2.24, 2.45) is 5.73 Å². The van der Waals surface area contributed by atoms with Crippen LogP contribution in [-0.4, -0.2) is 60.2 Å². The minimum atomic E-state index is -0.447. The zero-order valence-electron chi connectivity index (χ0n) is 17.2. The molecule has 0 aliphatic carbocycles. The summed E-state index contributed by atoms with van der Waals surface area (Å²) in [6.45, 7) is 5.33. The van der Waals surface area contributed by atoms with Gasteiger partial charge >= 0.3 is 6.03 Å². The molecule has 4 rings (SSSR count). The van der Waals surface area contributed by atoms with Crippen LogP contribution in [0.15, 0.2) is 42.7 Å². The van der Waals surface area contributed by atoms with Crippen molar-refractivity contribution in [2.75, 3.05) is 49.1 Å². The van der Waals surface area contributed by atoms with E-state index in [-0.39, 0.29) is 0 Å². The molecule has 1 aliphatic heterocycles. The molecule has 1 aliphatic rings. The van der Waals surface area contributed by atoms with Gasteiger partial charge in [0.15, 0.2) is 0 Å². The van der Waals surface area contributed by atoms with Crippen LogP contribution >= 0.6 is 23.2 Å². The van der Waals surface area contributed by atoms with Crippen molar-refractivity contribution in [3.8, 4) is 0 Å². The quantitative estimate of drug-likeness (QED) is 0.513. The average molecular weight is 461 g/mol. The van der Waals surface area contributed by atoms with Crippen molar-refractivity contribution in [1.82, 2.24) is 14.9 Å². The fraction of sp³-hybridized carbons (Fsp3) is 0.364. The van der Waals surface area contributed by atoms with E-state index in [2.05, 4.69) is 19.8 Å². The largest absolute Gasteiger partial charge is 0.368 e. The minimum Gasteiger partial charge on any atom is -0.368 e. The van der Waals surface area contributed by atoms with Crippen molar-refractivity contribution in [3.05, 3.63) is 52.8 Å². The molecule has 2 amide bonds. The Hall–Kier alpha value is -2.48. The number of piperazine rings is 1. The van der Waals surface area contributed by atoms with Crippen LogP contribution in [0.3, 0.4) is 0 Å². The predicted molar refractivity (Wildman–Crippen MR) is 127 cm³/mol. The fourth-order valence-electron chi connectivity index (χ4n) is 4.07. The number of aromatic amines is 1. The number of unbranched alkanes of at least 4 members (excludes halogenated alkanes) is 1. The molecule has 7 nitrogen and oxygen atoms in total. The molecular formula is C22H26Cl2N6O. The minimum absolute atomic E-state index is 0.447. The summed E-state index contributed by atoms with van der Waals surface area (Å²) in [5.74, 6) is 0. The Bertz CT molecular complexity index is 1050. The molecule has 2 aromatic heterocycles. The molecule has 3 heterocycles. The second-order valence-electron chi connectivity index (χ2n) is 7.67. The lowest BCUT2D eigenvalue weighted by Gasteiger charge is -2.36. The smallest absolute Gasteiger partial charge is 0.319 e. The number of fused-ring (bicyclic) bond motifs is 1. The topological polar surface area (TPSA) is 81.5 Å². The highest BCUT2D eigenvalue weighted by Gasteiger charge is 2.20. The van der Waals surface area contributed by atoms with Gasteiger partial charge in [-0.3, -0.25) is 9.80 Å². The standard InChI is InChI=1S/C22H26Cl2N6O/c23-17-6-3-7-18(20(17)24)29-13-11-28(12-14-29)9-1-2-10-30(22(25)31)19-15-27-21-16(19)5-4-8-26-21/h3-8,15H,1-2,9-14H2,(H2,25,31)(H,26,27). The van der Waals surface area contributed by atoms with E-state index in [1.54, 1.807) is 17.3 Å². The number of hydrogen-bond donors (Lipinski definition) is 2. The number of primary amides is 1. The summed E-state index contributed by atoms with van der Waals surface area (Å²) in [4.78, 5) is 25.8. The van der Waals surface area contributed by atoms with E-state index in [0.29, 0.717) is 16.6 Å². The first-order chi connectivity index (χ1) is 15.0. The lowest BCUT2D eigenvalue weighted by atomic mass is 10.2. The second-order valence-corrected chi connectivity index (χ2v) is 8.46. The summed E-state index contributed by atoms with van der Waals surface area (Å²) < 4.78 is 0. The molecule has 0 atom stereocenters. The van der Waals surface area contributed by atoms with Crippen LogP contribution in [0.25, 0.3) is 11.0 Å². The Balaban J connectivity index is 1.26. The van der Waals surface area contributed by atoms with E-state index in [1.165, 1.54) is 0 Å². The molecule has 0 spiro atoms. The lowest BCUT2D eigenvalue weighted by molar-refractivity contribution is 0.249. The molecule has 0 saturated carbocycles. The lowest BCUT2D eigenvalue weighted by Crippen LogP contribution is -2.46. The van der Waals surface area contributed by atoms with Crippen LogP contribution in [0.5, 0.6) is 0 Å². The van der Waals surface area contributed by atoms with Gasteiger partial charge < -0.3 is 15.6 Å². The van der Waals surface area contributed by atoms with E-state index in [1.807, 2.05) is 30.3 Å². The van der Waals surface area contributed by atoms with Gasteiger partial charge in [-0.05, 0) is 43.7 Å². The van der Waals surface area contributed by atoms with Crippen LogP contribution in [0.2, 0.25) is 10.0 Å². The highest BCUT2D eigenvalue weighted by molar-refractivity contribution is 6.43. The van der Waals surface area contributed by atoms with Gasteiger partial charge in [0.25, 0.3) is 0 Å². The molecule has 1 fully saturated rings. The Labute approximate surface area is 191 Å². The molecule has 0 unspecified atom stereocenters. The molecule has 3 aromatic rings. The molecule has 0 radical (unpaired) electrons. The number of nitrogens with zero attached hydrogens (tertiary/aromatic N) is 4. The van der Waals surface area contributed by atoms with E-state index in [9.17, 15) is 4.79 Å². The number of carbonyl (C=O) groups excluding carboxylic acids is 1. The van der Waals surface area contributed by atoms with Crippen LogP contribution in [0.1, 0.15) is 12.8 Å². The third kappa shape index (κ3) is 4.89. The van der Waals surface area contributed by atoms with Crippen LogP contribution in [0, 0.1) is 0 Å². The van der Waals surface area contributed by atoms with Gasteiger partial charge in [0, 0.05) is 50.5 Å². The number of urea groups is 1. The summed E-state index contributed by atoms with van der Waals surface area (Å²) in [5, 5.41) is 2.11. The zero-order chi connectivity index (χ0) is 21.8. The summed E-state index contributed by atoms with van der Waals surface area (Å²) in [7, 11) is 0. The molecule has 31 heavy (non-hydrogen) atoms. The van der Waals surface area contributed by atoms with Crippen LogP contribution < -0.4 is 15.5 Å². The number of amides is 2. The maximum Gasteiger partial charge on any atom is 0.319 e. The van der Waals surface area contributed by atoms with Crippen molar-refractivity contribution in [3.63, 3.8) is 0 Å². The van der Waals surface area contributed by atoms with E-state index >= 15 is 0 Å². The average Bonchev–Trinajstić information content (AvgIpc) is 3.20. The van der Waals surface area contributed by atoms with Gasteiger partial charge in [0.2, 0.25) is 0 Å². The molecule has 164 valence electrons. The van der Waals surface area contributed by atoms with Crippen molar-refractivity contribution < 1.29 is 4.79 Å². The zero-order valence-corrected chi connectivity index (χ0v) is 18.7. The number of nitrogens with one attached hydrogen (secondary N) is 1. The van der Waals surface area contributed by atoms with Crippen LogP contribution in [-0.2, 0) is 0 Å². The number of aromatic nitrogens is 2. The summed E-state index contributed by atoms with van der Waals surface area (Å²) >= 11 is 12.5. The van der Waals surface area contributed by atoms with Gasteiger partial charge in [0.1, 0.15) is 5.65 Å². The molecule has 1 aromatic carbocycles. The normalized spacial score (nSPS) is 14.8. The number of anilines is 2.